The van der Waals surface area contributed by atoms with Gasteiger partial charge in [0.15, 0.2) is 11.5 Å². The molecule has 0 aliphatic heterocycles. The Hall–Kier alpha value is -3.49. The van der Waals surface area contributed by atoms with Crippen LogP contribution in [0.2, 0.25) is 0 Å². The lowest BCUT2D eigenvalue weighted by molar-refractivity contribution is -0.399. The van der Waals surface area contributed by atoms with Crippen LogP contribution < -0.4 is 4.74 Å². The first-order valence-corrected chi connectivity index (χ1v) is 6.51. The van der Waals surface area contributed by atoms with Gasteiger partial charge in [-0.15, -0.1) is 0 Å². The average Bonchev–Trinajstić information content (AvgIpc) is 2.53. The molecule has 0 saturated carbocycles. The van der Waals surface area contributed by atoms with Crippen molar-refractivity contribution in [1.29, 1.82) is 0 Å². The number of aromatic hydroxyl groups is 1. The van der Waals surface area contributed by atoms with Gasteiger partial charge in [-0.1, -0.05) is 18.2 Å². The Labute approximate surface area is 134 Å². The molecule has 0 saturated heterocycles. The third-order valence-corrected chi connectivity index (χ3v) is 3.12. The highest BCUT2D eigenvalue weighted by molar-refractivity contribution is 5.73. The molecule has 1 N–H and O–H groups in total. The lowest BCUT2D eigenvalue weighted by Gasteiger charge is -2.03. The summed E-state index contributed by atoms with van der Waals surface area (Å²) in [7, 11) is 1.39. The van der Waals surface area contributed by atoms with Gasteiger partial charge in [-0.25, -0.2) is 0 Å². The second-order valence-electron chi connectivity index (χ2n) is 4.65. The molecule has 0 atom stereocenters. The summed E-state index contributed by atoms with van der Waals surface area (Å²) in [5.74, 6) is -1.35. The van der Waals surface area contributed by atoms with E-state index >= 15 is 0 Å². The molecular formula is C15H11FN2O6. The van der Waals surface area contributed by atoms with Gasteiger partial charge in [-0.05, 0) is 23.3 Å². The summed E-state index contributed by atoms with van der Waals surface area (Å²) in [4.78, 5) is 19.6. The highest BCUT2D eigenvalue weighted by atomic mass is 19.1. The standard InChI is InChI=1S/C15H11FN2O6/c1-24-14-5-4-9(8-13(14)19)2-3-10-6-11(17(20)21)15(16)12(7-10)18(22)23/h2-8,19H,1H3. The number of methoxy groups -OCH3 is 1. The fraction of sp³-hybridized carbons (Fsp3) is 0.0667. The van der Waals surface area contributed by atoms with Gasteiger partial charge in [0, 0.05) is 12.1 Å². The molecule has 24 heavy (non-hydrogen) atoms. The number of halogens is 1. The molecule has 0 fully saturated rings. The summed E-state index contributed by atoms with van der Waals surface area (Å²) in [5.41, 5.74) is -1.38. The van der Waals surface area contributed by atoms with Crippen LogP contribution in [0.3, 0.4) is 0 Å². The predicted molar refractivity (Wildman–Crippen MR) is 83.3 cm³/mol. The number of rotatable bonds is 5. The van der Waals surface area contributed by atoms with E-state index in [0.29, 0.717) is 5.56 Å². The van der Waals surface area contributed by atoms with E-state index in [2.05, 4.69) is 0 Å². The van der Waals surface area contributed by atoms with Crippen LogP contribution in [0.25, 0.3) is 12.2 Å². The van der Waals surface area contributed by atoms with Gasteiger partial charge in [0.05, 0.1) is 17.0 Å². The van der Waals surface area contributed by atoms with Crippen LogP contribution >= 0.6 is 0 Å². The first-order valence-electron chi connectivity index (χ1n) is 6.51. The van der Waals surface area contributed by atoms with Crippen molar-refractivity contribution in [3.63, 3.8) is 0 Å². The molecule has 2 aromatic carbocycles. The number of nitro benzene ring substituents is 2. The molecule has 0 spiro atoms. The number of phenols is 1. The topological polar surface area (TPSA) is 116 Å². The summed E-state index contributed by atoms with van der Waals surface area (Å²) >= 11 is 0. The number of hydrogen-bond donors (Lipinski definition) is 1. The van der Waals surface area contributed by atoms with Crippen molar-refractivity contribution >= 4 is 23.5 Å². The van der Waals surface area contributed by atoms with Crippen LogP contribution in [0.1, 0.15) is 11.1 Å². The fourth-order valence-corrected chi connectivity index (χ4v) is 1.98. The zero-order chi connectivity index (χ0) is 17.9. The van der Waals surface area contributed by atoms with Gasteiger partial charge in [0.1, 0.15) is 0 Å². The quantitative estimate of drug-likeness (QED) is 0.508. The number of ether oxygens (including phenoxy) is 1. The maximum Gasteiger partial charge on any atom is 0.312 e. The van der Waals surface area contributed by atoms with Gasteiger partial charge >= 0.3 is 11.4 Å². The monoisotopic (exact) mass is 334 g/mol. The normalized spacial score (nSPS) is 10.8. The number of hydrogen-bond acceptors (Lipinski definition) is 6. The van der Waals surface area contributed by atoms with Crippen LogP contribution in [0.5, 0.6) is 11.5 Å². The fourth-order valence-electron chi connectivity index (χ4n) is 1.98. The Morgan fingerprint density at radius 3 is 2.04 bits per heavy atom. The molecule has 0 amide bonds. The second-order valence-corrected chi connectivity index (χ2v) is 4.65. The first-order chi connectivity index (χ1) is 11.3. The van der Waals surface area contributed by atoms with Crippen LogP contribution in [0.4, 0.5) is 15.8 Å². The van der Waals surface area contributed by atoms with Crippen molar-refractivity contribution in [2.24, 2.45) is 0 Å². The number of nitrogens with zero attached hydrogens (tertiary/aromatic N) is 2. The zero-order valence-corrected chi connectivity index (χ0v) is 12.3. The average molecular weight is 334 g/mol. The Balaban J connectivity index is 2.43. The van der Waals surface area contributed by atoms with E-state index in [4.69, 9.17) is 4.74 Å². The Kier molecular flexibility index (Phi) is 4.73. The SMILES string of the molecule is COc1ccc(C=Cc2cc([N+](=O)[O-])c(F)c([N+](=O)[O-])c2)cc1O. The van der Waals surface area contributed by atoms with Crippen molar-refractivity contribution in [3.05, 3.63) is 67.5 Å². The van der Waals surface area contributed by atoms with Crippen LogP contribution in [0.15, 0.2) is 30.3 Å². The summed E-state index contributed by atoms with van der Waals surface area (Å²) in [6, 6.07) is 6.26. The van der Waals surface area contributed by atoms with Crippen LogP contribution in [-0.4, -0.2) is 22.1 Å². The predicted octanol–water partition coefficient (Wildman–Crippen LogP) is 3.53. The van der Waals surface area contributed by atoms with E-state index in [0.717, 1.165) is 12.1 Å². The van der Waals surface area contributed by atoms with Crippen LogP contribution in [0, 0.1) is 26.0 Å². The van der Waals surface area contributed by atoms with Crippen molar-refractivity contribution in [1.82, 2.24) is 0 Å². The second kappa shape index (κ2) is 6.73. The minimum Gasteiger partial charge on any atom is -0.504 e. The summed E-state index contributed by atoms with van der Waals surface area (Å²) in [6.45, 7) is 0. The molecule has 2 aromatic rings. The van der Waals surface area contributed by atoms with E-state index in [1.54, 1.807) is 6.07 Å². The number of benzene rings is 2. The molecule has 0 radical (unpaired) electrons. The highest BCUT2D eigenvalue weighted by Gasteiger charge is 2.26. The molecule has 8 nitrogen and oxygen atoms in total. The van der Waals surface area contributed by atoms with Gasteiger partial charge in [-0.3, -0.25) is 20.2 Å². The third-order valence-electron chi connectivity index (χ3n) is 3.12. The largest absolute Gasteiger partial charge is 0.504 e. The molecule has 2 rings (SSSR count). The first kappa shape index (κ1) is 16.9. The maximum atomic E-state index is 13.7. The molecule has 9 heteroatoms. The van der Waals surface area contributed by atoms with Crippen molar-refractivity contribution in [2.75, 3.05) is 7.11 Å². The van der Waals surface area contributed by atoms with Crippen molar-refractivity contribution in [2.45, 2.75) is 0 Å². The summed E-state index contributed by atoms with van der Waals surface area (Å²) in [6.07, 6.45) is 2.79. The van der Waals surface area contributed by atoms with E-state index in [9.17, 15) is 29.7 Å². The molecule has 0 unspecified atom stereocenters. The van der Waals surface area contributed by atoms with E-state index in [-0.39, 0.29) is 17.1 Å². The molecule has 0 aromatic heterocycles. The third kappa shape index (κ3) is 3.46. The number of nitro groups is 2. The highest BCUT2D eigenvalue weighted by Crippen LogP contribution is 2.30. The molecule has 0 aliphatic rings. The molecule has 0 bridgehead atoms. The lowest BCUT2D eigenvalue weighted by Crippen LogP contribution is -1.99. The lowest BCUT2D eigenvalue weighted by atomic mass is 10.1. The molecule has 124 valence electrons. The maximum absolute atomic E-state index is 13.7. The molecular weight excluding hydrogens is 323 g/mol. The summed E-state index contributed by atoms with van der Waals surface area (Å²) in [5, 5.41) is 31.3. The van der Waals surface area contributed by atoms with E-state index in [1.165, 1.54) is 31.4 Å². The number of phenolic OH excluding ortho intramolecular Hbond substituents is 1. The van der Waals surface area contributed by atoms with E-state index in [1.807, 2.05) is 0 Å². The minimum absolute atomic E-state index is 0.0742. The Bertz CT molecular complexity index is 815. The molecule has 0 aliphatic carbocycles. The molecule has 0 heterocycles. The van der Waals surface area contributed by atoms with Crippen LogP contribution in [-0.2, 0) is 0 Å². The Morgan fingerprint density at radius 1 is 1.04 bits per heavy atom. The van der Waals surface area contributed by atoms with Crippen molar-refractivity contribution in [3.8, 4) is 11.5 Å². The van der Waals surface area contributed by atoms with Gasteiger partial charge in [0.25, 0.3) is 5.82 Å². The summed E-state index contributed by atoms with van der Waals surface area (Å²) < 4.78 is 18.6. The van der Waals surface area contributed by atoms with Gasteiger partial charge < -0.3 is 9.84 Å². The van der Waals surface area contributed by atoms with Crippen molar-refractivity contribution < 1.29 is 24.1 Å². The van der Waals surface area contributed by atoms with Gasteiger partial charge in [0.2, 0.25) is 0 Å². The minimum atomic E-state index is -1.50. The van der Waals surface area contributed by atoms with E-state index < -0.39 is 27.0 Å². The smallest absolute Gasteiger partial charge is 0.312 e. The Morgan fingerprint density at radius 2 is 1.58 bits per heavy atom. The van der Waals surface area contributed by atoms with Gasteiger partial charge in [-0.2, -0.15) is 4.39 Å². The zero-order valence-electron chi connectivity index (χ0n) is 12.3.